The van der Waals surface area contributed by atoms with Gasteiger partial charge >= 0.3 is 0 Å². The largest absolute Gasteiger partial charge is 0.378 e. The van der Waals surface area contributed by atoms with Crippen LogP contribution in [0, 0.1) is 10.1 Å². The van der Waals surface area contributed by atoms with E-state index in [9.17, 15) is 14.9 Å². The third-order valence-corrected chi connectivity index (χ3v) is 5.58. The topological polar surface area (TPSA) is 88.3 Å². The molecule has 0 atom stereocenters. The van der Waals surface area contributed by atoms with E-state index in [1.807, 2.05) is 27.7 Å². The molecule has 0 spiro atoms. The second-order valence-corrected chi connectivity index (χ2v) is 8.49. The lowest BCUT2D eigenvalue weighted by molar-refractivity contribution is -0.384. The summed E-state index contributed by atoms with van der Waals surface area (Å²) in [6, 6.07) is 4.82. The number of amides is 1. The predicted octanol–water partition coefficient (Wildman–Crippen LogP) is 3.52. The van der Waals surface area contributed by atoms with Crippen LogP contribution >= 0.6 is 11.8 Å². The van der Waals surface area contributed by atoms with Crippen molar-refractivity contribution in [3.63, 3.8) is 0 Å². The molecule has 2 fully saturated rings. The van der Waals surface area contributed by atoms with Crippen LogP contribution in [-0.2, 0) is 9.53 Å². The molecule has 2 saturated heterocycles. The van der Waals surface area contributed by atoms with Crippen molar-refractivity contribution in [3.8, 4) is 0 Å². The van der Waals surface area contributed by atoms with E-state index in [-0.39, 0.29) is 23.7 Å². The summed E-state index contributed by atoms with van der Waals surface area (Å²) in [7, 11) is 0. The van der Waals surface area contributed by atoms with Gasteiger partial charge in [0.05, 0.1) is 23.0 Å². The first kappa shape index (κ1) is 21.3. The van der Waals surface area contributed by atoms with Crippen molar-refractivity contribution >= 4 is 40.3 Å². The maximum absolute atomic E-state index is 13.0. The Morgan fingerprint density at radius 3 is 2.52 bits per heavy atom. The highest BCUT2D eigenvalue weighted by atomic mass is 32.2. The highest BCUT2D eigenvalue weighted by Gasteiger charge is 2.35. The van der Waals surface area contributed by atoms with Crippen molar-refractivity contribution in [2.45, 2.75) is 39.8 Å². The molecule has 2 aliphatic rings. The van der Waals surface area contributed by atoms with Crippen LogP contribution in [0.25, 0.3) is 6.08 Å². The molecule has 0 unspecified atom stereocenters. The molecule has 0 radical (unpaired) electrons. The quantitative estimate of drug-likeness (QED) is 0.413. The molecular formula is C20H26N4O4S. The van der Waals surface area contributed by atoms with Gasteiger partial charge in [0.2, 0.25) is 0 Å². The number of ether oxygens (including phenoxy) is 1. The number of nitro groups is 1. The zero-order chi connectivity index (χ0) is 21.1. The molecule has 0 bridgehead atoms. The Kier molecular flexibility index (Phi) is 6.59. The van der Waals surface area contributed by atoms with Crippen molar-refractivity contribution in [1.29, 1.82) is 0 Å². The number of carbonyl (C=O) groups is 1. The number of hydrogen-bond donors (Lipinski definition) is 0. The summed E-state index contributed by atoms with van der Waals surface area (Å²) in [4.78, 5) is 32.9. The van der Waals surface area contributed by atoms with E-state index in [0.717, 1.165) is 5.69 Å². The average Bonchev–Trinajstić information content (AvgIpc) is 2.96. The number of morpholine rings is 1. The lowest BCUT2D eigenvalue weighted by atomic mass is 10.1. The summed E-state index contributed by atoms with van der Waals surface area (Å²) in [6.45, 7) is 10.4. The fourth-order valence-electron chi connectivity index (χ4n) is 3.26. The second kappa shape index (κ2) is 8.96. The summed E-state index contributed by atoms with van der Waals surface area (Å²) in [5.41, 5.74) is 1.53. The molecule has 1 aromatic rings. The number of benzene rings is 1. The van der Waals surface area contributed by atoms with Crippen LogP contribution in [0.15, 0.2) is 28.1 Å². The first-order valence-corrected chi connectivity index (χ1v) is 10.5. The molecule has 29 heavy (non-hydrogen) atoms. The number of nitro benzene ring substituents is 1. The van der Waals surface area contributed by atoms with Crippen LogP contribution in [0.3, 0.4) is 0 Å². The fraction of sp³-hybridized carbons (Fsp3) is 0.500. The Balaban J connectivity index is 2.04. The van der Waals surface area contributed by atoms with Crippen molar-refractivity contribution in [3.05, 3.63) is 38.8 Å². The highest BCUT2D eigenvalue weighted by molar-refractivity contribution is 8.18. The highest BCUT2D eigenvalue weighted by Crippen LogP contribution is 2.37. The van der Waals surface area contributed by atoms with Gasteiger partial charge in [0.25, 0.3) is 11.6 Å². The van der Waals surface area contributed by atoms with E-state index in [4.69, 9.17) is 4.74 Å². The molecule has 9 heteroatoms. The van der Waals surface area contributed by atoms with Crippen molar-refractivity contribution in [2.75, 3.05) is 31.2 Å². The lowest BCUT2D eigenvalue weighted by Crippen LogP contribution is -2.36. The number of anilines is 1. The van der Waals surface area contributed by atoms with Gasteiger partial charge < -0.3 is 9.64 Å². The molecular weight excluding hydrogens is 392 g/mol. The van der Waals surface area contributed by atoms with Gasteiger partial charge in [-0.2, -0.15) is 0 Å². The summed E-state index contributed by atoms with van der Waals surface area (Å²) < 4.78 is 5.42. The number of thioether (sulfide) groups is 1. The van der Waals surface area contributed by atoms with Gasteiger partial charge in [0.1, 0.15) is 0 Å². The number of non-ortho nitro benzene ring substituents is 1. The van der Waals surface area contributed by atoms with Crippen LogP contribution < -0.4 is 4.90 Å². The molecule has 1 aromatic carbocycles. The van der Waals surface area contributed by atoms with Gasteiger partial charge in [-0.05, 0) is 51.6 Å². The molecule has 8 nitrogen and oxygen atoms in total. The smallest absolute Gasteiger partial charge is 0.270 e. The minimum atomic E-state index is -0.416. The summed E-state index contributed by atoms with van der Waals surface area (Å²) in [6.07, 6.45) is 1.75. The Labute approximate surface area is 174 Å². The van der Waals surface area contributed by atoms with E-state index in [1.54, 1.807) is 17.0 Å². The van der Waals surface area contributed by atoms with E-state index in [0.29, 0.717) is 41.9 Å². The van der Waals surface area contributed by atoms with E-state index < -0.39 is 4.92 Å². The monoisotopic (exact) mass is 418 g/mol. The third-order valence-electron chi connectivity index (χ3n) is 4.58. The SMILES string of the molecule is CC(C)N=C1S/C(=C\c2cc([N+](=O)[O-])ccc2N2CCOCC2)C(=O)N1C(C)C. The van der Waals surface area contributed by atoms with Crippen LogP contribution in [0.4, 0.5) is 11.4 Å². The van der Waals surface area contributed by atoms with Gasteiger partial charge in [-0.15, -0.1) is 0 Å². The number of nitrogens with zero attached hydrogens (tertiary/aromatic N) is 4. The lowest BCUT2D eigenvalue weighted by Gasteiger charge is -2.30. The third kappa shape index (κ3) is 4.79. The molecule has 3 rings (SSSR count). The molecule has 156 valence electrons. The standard InChI is InChI=1S/C20H26N4O4S/c1-13(2)21-20-23(14(3)4)19(25)18(29-20)12-15-11-16(24(26)27)5-6-17(15)22-7-9-28-10-8-22/h5-6,11-14H,7-10H2,1-4H3/b18-12-,21-20?. The maximum atomic E-state index is 13.0. The van der Waals surface area contributed by atoms with Crippen molar-refractivity contribution in [1.82, 2.24) is 4.90 Å². The van der Waals surface area contributed by atoms with Crippen molar-refractivity contribution in [2.24, 2.45) is 4.99 Å². The maximum Gasteiger partial charge on any atom is 0.270 e. The minimum Gasteiger partial charge on any atom is -0.378 e. The van der Waals surface area contributed by atoms with Crippen LogP contribution in [0.2, 0.25) is 0 Å². The number of hydrogen-bond acceptors (Lipinski definition) is 7. The van der Waals surface area contributed by atoms with Crippen LogP contribution in [0.5, 0.6) is 0 Å². The summed E-state index contributed by atoms with van der Waals surface area (Å²) in [5, 5.41) is 12.0. The number of carbonyl (C=O) groups excluding carboxylic acids is 1. The molecule has 2 aliphatic heterocycles. The zero-order valence-electron chi connectivity index (χ0n) is 17.1. The first-order valence-electron chi connectivity index (χ1n) is 9.70. The van der Waals surface area contributed by atoms with Crippen LogP contribution in [-0.4, -0.2) is 59.3 Å². The summed E-state index contributed by atoms with van der Waals surface area (Å²) >= 11 is 1.32. The number of amidine groups is 1. The van der Waals surface area contributed by atoms with Gasteiger partial charge in [0, 0.05) is 48.6 Å². The van der Waals surface area contributed by atoms with E-state index in [1.165, 1.54) is 23.9 Å². The van der Waals surface area contributed by atoms with Gasteiger partial charge in [-0.1, -0.05) is 0 Å². The van der Waals surface area contributed by atoms with E-state index >= 15 is 0 Å². The number of rotatable bonds is 5. The van der Waals surface area contributed by atoms with Gasteiger partial charge in [0.15, 0.2) is 5.17 Å². The first-order chi connectivity index (χ1) is 13.8. The molecule has 1 amide bonds. The normalized spacial score (nSPS) is 20.6. The molecule has 0 aliphatic carbocycles. The summed E-state index contributed by atoms with van der Waals surface area (Å²) in [5.74, 6) is -0.121. The van der Waals surface area contributed by atoms with E-state index in [2.05, 4.69) is 9.89 Å². The Bertz CT molecular complexity index is 860. The fourth-order valence-corrected chi connectivity index (χ4v) is 4.48. The predicted molar refractivity (Wildman–Crippen MR) is 116 cm³/mol. The van der Waals surface area contributed by atoms with Crippen molar-refractivity contribution < 1.29 is 14.5 Å². The molecule has 2 heterocycles. The average molecular weight is 419 g/mol. The van der Waals surface area contributed by atoms with Gasteiger partial charge in [-0.25, -0.2) is 0 Å². The molecule has 0 N–H and O–H groups in total. The molecule has 0 aromatic heterocycles. The Morgan fingerprint density at radius 2 is 1.93 bits per heavy atom. The number of aliphatic imine (C=N–C) groups is 1. The second-order valence-electron chi connectivity index (χ2n) is 7.48. The van der Waals surface area contributed by atoms with Gasteiger partial charge in [-0.3, -0.25) is 24.8 Å². The minimum absolute atomic E-state index is 0.00101. The Hall–Kier alpha value is -2.39. The Morgan fingerprint density at radius 1 is 1.24 bits per heavy atom. The van der Waals surface area contributed by atoms with Crippen LogP contribution in [0.1, 0.15) is 33.3 Å². The zero-order valence-corrected chi connectivity index (χ0v) is 17.9. The molecule has 0 saturated carbocycles.